The predicted molar refractivity (Wildman–Crippen MR) is 109 cm³/mol. The van der Waals surface area contributed by atoms with Crippen molar-refractivity contribution < 1.29 is 14.6 Å². The summed E-state index contributed by atoms with van der Waals surface area (Å²) in [6, 6.07) is 13.7. The van der Waals surface area contributed by atoms with Crippen LogP contribution in [0, 0.1) is 6.92 Å². The van der Waals surface area contributed by atoms with Crippen molar-refractivity contribution in [1.29, 1.82) is 0 Å². The van der Waals surface area contributed by atoms with Crippen LogP contribution in [0.4, 0.5) is 5.69 Å². The second-order valence-electron chi connectivity index (χ2n) is 6.86. The van der Waals surface area contributed by atoms with Crippen LogP contribution in [0.25, 0.3) is 0 Å². The molecule has 1 heterocycles. The molecule has 5 nitrogen and oxygen atoms in total. The number of methoxy groups -OCH3 is 1. The molecule has 1 fully saturated rings. The molecule has 0 amide bonds. The van der Waals surface area contributed by atoms with Crippen molar-refractivity contribution in [3.8, 4) is 11.5 Å². The Morgan fingerprint density at radius 1 is 1.04 bits per heavy atom. The number of rotatable bonds is 7. The van der Waals surface area contributed by atoms with E-state index in [0.29, 0.717) is 6.54 Å². The fraction of sp³-hybridized carbons (Fsp3) is 0.429. The molecule has 0 spiro atoms. The second kappa shape index (κ2) is 9.31. The zero-order valence-corrected chi connectivity index (χ0v) is 16.7. The van der Waals surface area contributed by atoms with Crippen LogP contribution in [-0.2, 0) is 0 Å². The lowest BCUT2D eigenvalue weighted by atomic mass is 10.2. The van der Waals surface area contributed by atoms with Crippen molar-refractivity contribution in [2.75, 3.05) is 51.3 Å². The lowest BCUT2D eigenvalue weighted by Gasteiger charge is -2.36. The summed E-state index contributed by atoms with van der Waals surface area (Å²) >= 11 is 6.02. The number of nitrogens with zero attached hydrogens (tertiary/aromatic N) is 2. The molecule has 6 heteroatoms. The lowest BCUT2D eigenvalue weighted by molar-refractivity contribution is 0.0663. The van der Waals surface area contributed by atoms with Gasteiger partial charge in [0, 0.05) is 43.4 Å². The monoisotopic (exact) mass is 390 g/mol. The summed E-state index contributed by atoms with van der Waals surface area (Å²) < 4.78 is 10.9. The number of benzene rings is 2. The van der Waals surface area contributed by atoms with E-state index >= 15 is 0 Å². The molecule has 0 unspecified atom stereocenters. The minimum absolute atomic E-state index is 0.278. The van der Waals surface area contributed by atoms with Gasteiger partial charge in [-0.2, -0.15) is 0 Å². The Balaban J connectivity index is 1.42. The van der Waals surface area contributed by atoms with Crippen LogP contribution in [0.5, 0.6) is 11.5 Å². The first-order chi connectivity index (χ1) is 13.0. The summed E-state index contributed by atoms with van der Waals surface area (Å²) in [7, 11) is 1.68. The zero-order chi connectivity index (χ0) is 19.2. The SMILES string of the molecule is COc1ccc(N2CCN(C[C@H](O)COc3ccc(Cl)c(C)c3)CC2)cc1. The first kappa shape index (κ1) is 19.8. The second-order valence-corrected chi connectivity index (χ2v) is 7.27. The molecule has 1 aliphatic rings. The molecule has 146 valence electrons. The average molecular weight is 391 g/mol. The van der Waals surface area contributed by atoms with Crippen molar-refractivity contribution in [1.82, 2.24) is 4.90 Å². The fourth-order valence-electron chi connectivity index (χ4n) is 3.23. The van der Waals surface area contributed by atoms with E-state index in [0.717, 1.165) is 48.3 Å². The zero-order valence-electron chi connectivity index (χ0n) is 15.9. The molecule has 27 heavy (non-hydrogen) atoms. The number of hydrogen-bond acceptors (Lipinski definition) is 5. The largest absolute Gasteiger partial charge is 0.497 e. The van der Waals surface area contributed by atoms with E-state index in [4.69, 9.17) is 21.1 Å². The van der Waals surface area contributed by atoms with E-state index in [1.165, 1.54) is 5.69 Å². The van der Waals surface area contributed by atoms with E-state index < -0.39 is 6.10 Å². The molecule has 0 aromatic heterocycles. The van der Waals surface area contributed by atoms with E-state index in [2.05, 4.69) is 21.9 Å². The topological polar surface area (TPSA) is 45.2 Å². The lowest BCUT2D eigenvalue weighted by Crippen LogP contribution is -2.49. The maximum absolute atomic E-state index is 10.3. The summed E-state index contributed by atoms with van der Waals surface area (Å²) in [5, 5.41) is 11.0. The van der Waals surface area contributed by atoms with Gasteiger partial charge in [0.2, 0.25) is 0 Å². The summed E-state index contributed by atoms with van der Waals surface area (Å²) in [5.74, 6) is 1.61. The number of aliphatic hydroxyl groups excluding tert-OH is 1. The normalized spacial score (nSPS) is 16.2. The van der Waals surface area contributed by atoms with Gasteiger partial charge >= 0.3 is 0 Å². The molecule has 0 radical (unpaired) electrons. The highest BCUT2D eigenvalue weighted by molar-refractivity contribution is 6.31. The predicted octanol–water partition coefficient (Wildman–Crippen LogP) is 3.22. The van der Waals surface area contributed by atoms with Gasteiger partial charge in [-0.25, -0.2) is 0 Å². The first-order valence-corrected chi connectivity index (χ1v) is 9.61. The molecule has 2 aromatic rings. The third-order valence-electron chi connectivity index (χ3n) is 4.85. The fourth-order valence-corrected chi connectivity index (χ4v) is 3.35. The first-order valence-electron chi connectivity index (χ1n) is 9.23. The Morgan fingerprint density at radius 3 is 2.33 bits per heavy atom. The maximum atomic E-state index is 10.3. The van der Waals surface area contributed by atoms with Gasteiger partial charge in [0.05, 0.1) is 7.11 Å². The van der Waals surface area contributed by atoms with Crippen molar-refractivity contribution in [3.05, 3.63) is 53.1 Å². The molecule has 2 aromatic carbocycles. The van der Waals surface area contributed by atoms with Gasteiger partial charge in [-0.05, 0) is 55.0 Å². The number of halogens is 1. The Morgan fingerprint density at radius 2 is 1.70 bits per heavy atom. The molecule has 0 aliphatic carbocycles. The number of ether oxygens (including phenoxy) is 2. The number of anilines is 1. The minimum atomic E-state index is -0.520. The number of hydrogen-bond donors (Lipinski definition) is 1. The van der Waals surface area contributed by atoms with Crippen LogP contribution < -0.4 is 14.4 Å². The van der Waals surface area contributed by atoms with Gasteiger partial charge in [-0.15, -0.1) is 0 Å². The van der Waals surface area contributed by atoms with E-state index in [1.807, 2.05) is 37.3 Å². The summed E-state index contributed by atoms with van der Waals surface area (Å²) in [6.45, 7) is 6.55. The molecular weight excluding hydrogens is 364 g/mol. The molecule has 3 rings (SSSR count). The molecule has 0 saturated carbocycles. The standard InChI is InChI=1S/C21H27ClN2O3/c1-16-13-20(7-8-21(16)22)27-15-18(25)14-23-9-11-24(12-10-23)17-3-5-19(26-2)6-4-17/h3-8,13,18,25H,9-12,14-15H2,1-2H3/t18-/m0/s1. The van der Waals surface area contributed by atoms with Gasteiger partial charge in [0.15, 0.2) is 0 Å². The Labute approximate surface area is 166 Å². The highest BCUT2D eigenvalue weighted by Gasteiger charge is 2.20. The van der Waals surface area contributed by atoms with E-state index in [-0.39, 0.29) is 6.61 Å². The average Bonchev–Trinajstić information content (AvgIpc) is 2.69. The van der Waals surface area contributed by atoms with Gasteiger partial charge in [-0.3, -0.25) is 4.90 Å². The molecule has 1 saturated heterocycles. The maximum Gasteiger partial charge on any atom is 0.119 e. The Hall–Kier alpha value is -1.95. The number of aliphatic hydroxyl groups is 1. The third-order valence-corrected chi connectivity index (χ3v) is 5.27. The molecule has 1 atom stereocenters. The molecule has 1 N–H and O–H groups in total. The highest BCUT2D eigenvalue weighted by Crippen LogP contribution is 2.22. The summed E-state index contributed by atoms with van der Waals surface area (Å²) in [6.07, 6.45) is -0.520. The van der Waals surface area contributed by atoms with Gasteiger partial charge in [0.1, 0.15) is 24.2 Å². The Bertz CT molecular complexity index is 731. The highest BCUT2D eigenvalue weighted by atomic mass is 35.5. The van der Waals surface area contributed by atoms with E-state index in [9.17, 15) is 5.11 Å². The van der Waals surface area contributed by atoms with E-state index in [1.54, 1.807) is 7.11 Å². The number of aryl methyl sites for hydroxylation is 1. The van der Waals surface area contributed by atoms with Gasteiger partial charge in [-0.1, -0.05) is 11.6 Å². The molecular formula is C21H27ClN2O3. The molecule has 0 bridgehead atoms. The van der Waals surface area contributed by atoms with Crippen LogP contribution in [0.2, 0.25) is 5.02 Å². The van der Waals surface area contributed by atoms with Crippen LogP contribution in [0.15, 0.2) is 42.5 Å². The van der Waals surface area contributed by atoms with Crippen LogP contribution >= 0.6 is 11.6 Å². The van der Waals surface area contributed by atoms with Gasteiger partial charge in [0.25, 0.3) is 0 Å². The van der Waals surface area contributed by atoms with Crippen molar-refractivity contribution in [2.24, 2.45) is 0 Å². The third kappa shape index (κ3) is 5.51. The van der Waals surface area contributed by atoms with Crippen molar-refractivity contribution >= 4 is 17.3 Å². The van der Waals surface area contributed by atoms with Crippen LogP contribution in [0.3, 0.4) is 0 Å². The quantitative estimate of drug-likeness (QED) is 0.786. The number of piperazine rings is 1. The van der Waals surface area contributed by atoms with Crippen molar-refractivity contribution in [2.45, 2.75) is 13.0 Å². The number of β-amino-alcohol motifs (C(OH)–C–C–N with tert-alkyl or cyclic N) is 1. The van der Waals surface area contributed by atoms with Crippen LogP contribution in [-0.4, -0.2) is 62.6 Å². The van der Waals surface area contributed by atoms with Crippen LogP contribution in [0.1, 0.15) is 5.56 Å². The van der Waals surface area contributed by atoms with Gasteiger partial charge < -0.3 is 19.5 Å². The minimum Gasteiger partial charge on any atom is -0.497 e. The summed E-state index contributed by atoms with van der Waals surface area (Å²) in [4.78, 5) is 4.64. The smallest absolute Gasteiger partial charge is 0.119 e. The van der Waals surface area contributed by atoms with Crippen molar-refractivity contribution in [3.63, 3.8) is 0 Å². The summed E-state index contributed by atoms with van der Waals surface area (Å²) in [5.41, 5.74) is 2.18. The Kier molecular flexibility index (Phi) is 6.83. The molecule has 1 aliphatic heterocycles.